The number of rotatable bonds is 8. The van der Waals surface area contributed by atoms with E-state index in [4.69, 9.17) is 5.73 Å². The van der Waals surface area contributed by atoms with Crippen LogP contribution >= 0.6 is 0 Å². The monoisotopic (exact) mass is 289 g/mol. The fourth-order valence-corrected chi connectivity index (χ4v) is 3.42. The van der Waals surface area contributed by atoms with Crippen molar-refractivity contribution in [3.63, 3.8) is 0 Å². The molecule has 1 aliphatic carbocycles. The number of hydrogen-bond donors (Lipinski definition) is 1. The van der Waals surface area contributed by atoms with Gasteiger partial charge >= 0.3 is 0 Å². The molecule has 0 heterocycles. The van der Waals surface area contributed by atoms with E-state index in [0.717, 1.165) is 25.9 Å². The molecule has 0 spiro atoms. The van der Waals surface area contributed by atoms with Gasteiger partial charge in [-0.05, 0) is 58.8 Å². The lowest BCUT2D eigenvalue weighted by atomic mass is 9.75. The van der Waals surface area contributed by atoms with Gasteiger partial charge in [-0.1, -0.05) is 30.3 Å². The maximum atomic E-state index is 6.04. The van der Waals surface area contributed by atoms with Crippen LogP contribution in [0.1, 0.15) is 31.2 Å². The first-order valence-electron chi connectivity index (χ1n) is 8.19. The van der Waals surface area contributed by atoms with Crippen LogP contribution in [0.25, 0.3) is 0 Å². The molecule has 1 unspecified atom stereocenters. The van der Waals surface area contributed by atoms with Crippen molar-refractivity contribution in [3.05, 3.63) is 35.9 Å². The number of benzene rings is 1. The Morgan fingerprint density at radius 2 is 1.81 bits per heavy atom. The van der Waals surface area contributed by atoms with E-state index in [2.05, 4.69) is 61.3 Å². The molecule has 1 aromatic rings. The van der Waals surface area contributed by atoms with Gasteiger partial charge in [-0.25, -0.2) is 0 Å². The molecule has 1 aromatic carbocycles. The average Bonchev–Trinajstić information content (AvgIpc) is 2.44. The molecule has 118 valence electrons. The Morgan fingerprint density at radius 1 is 1.14 bits per heavy atom. The molecule has 1 aliphatic rings. The summed E-state index contributed by atoms with van der Waals surface area (Å²) >= 11 is 0. The van der Waals surface area contributed by atoms with Crippen LogP contribution in [0, 0.1) is 0 Å². The van der Waals surface area contributed by atoms with Crippen LogP contribution in [0.4, 0.5) is 0 Å². The number of aryl methyl sites for hydroxylation is 1. The van der Waals surface area contributed by atoms with Crippen molar-refractivity contribution < 1.29 is 0 Å². The van der Waals surface area contributed by atoms with E-state index in [0.29, 0.717) is 11.6 Å². The molecular weight excluding hydrogens is 258 g/mol. The Hall–Kier alpha value is -0.900. The van der Waals surface area contributed by atoms with Crippen LogP contribution in [-0.2, 0) is 6.42 Å². The number of nitrogens with zero attached hydrogens (tertiary/aromatic N) is 2. The van der Waals surface area contributed by atoms with E-state index >= 15 is 0 Å². The summed E-state index contributed by atoms with van der Waals surface area (Å²) in [7, 11) is 6.68. The third-order valence-electron chi connectivity index (χ3n) is 5.28. The highest BCUT2D eigenvalue weighted by molar-refractivity contribution is 5.14. The van der Waals surface area contributed by atoms with Gasteiger partial charge in [0.15, 0.2) is 0 Å². The van der Waals surface area contributed by atoms with Gasteiger partial charge in [-0.2, -0.15) is 0 Å². The summed E-state index contributed by atoms with van der Waals surface area (Å²) in [6, 6.07) is 11.2. The summed E-state index contributed by atoms with van der Waals surface area (Å²) in [5.41, 5.74) is 7.83. The summed E-state index contributed by atoms with van der Waals surface area (Å²) in [4.78, 5) is 4.90. The van der Waals surface area contributed by atoms with Crippen molar-refractivity contribution in [2.24, 2.45) is 5.73 Å². The summed E-state index contributed by atoms with van der Waals surface area (Å²) in [5, 5.41) is 0. The molecule has 1 atom stereocenters. The van der Waals surface area contributed by atoms with Crippen molar-refractivity contribution in [1.29, 1.82) is 0 Å². The predicted octanol–water partition coefficient (Wildman–Crippen LogP) is 2.36. The van der Waals surface area contributed by atoms with Crippen molar-refractivity contribution in [1.82, 2.24) is 9.80 Å². The molecule has 2 rings (SSSR count). The van der Waals surface area contributed by atoms with Crippen LogP contribution < -0.4 is 5.73 Å². The van der Waals surface area contributed by atoms with Gasteiger partial charge < -0.3 is 15.5 Å². The maximum Gasteiger partial charge on any atom is 0.0330 e. The highest BCUT2D eigenvalue weighted by Crippen LogP contribution is 2.37. The van der Waals surface area contributed by atoms with Gasteiger partial charge in [0.05, 0.1) is 0 Å². The first-order valence-corrected chi connectivity index (χ1v) is 8.19. The van der Waals surface area contributed by atoms with E-state index in [1.54, 1.807) is 0 Å². The van der Waals surface area contributed by atoms with E-state index in [1.165, 1.54) is 24.8 Å². The zero-order valence-corrected chi connectivity index (χ0v) is 13.9. The number of hydrogen-bond acceptors (Lipinski definition) is 3. The molecule has 1 fully saturated rings. The minimum Gasteiger partial charge on any atom is -0.329 e. The van der Waals surface area contributed by atoms with Gasteiger partial charge in [0, 0.05) is 24.7 Å². The van der Waals surface area contributed by atoms with Crippen LogP contribution in [0.5, 0.6) is 0 Å². The normalized spacial score (nSPS) is 18.8. The lowest BCUT2D eigenvalue weighted by Crippen LogP contribution is -2.58. The van der Waals surface area contributed by atoms with Crippen molar-refractivity contribution in [2.45, 2.75) is 43.7 Å². The standard InChI is InChI=1S/C18H31N3/c1-20(2)18(12-7-13-18)15-21(3)17(14-19)11-10-16-8-5-4-6-9-16/h4-6,8-9,17H,7,10-15,19H2,1-3H3. The molecule has 0 aromatic heterocycles. The molecule has 0 aliphatic heterocycles. The highest BCUT2D eigenvalue weighted by atomic mass is 15.2. The lowest BCUT2D eigenvalue weighted by molar-refractivity contribution is 0.0161. The van der Waals surface area contributed by atoms with Crippen LogP contribution in [0.3, 0.4) is 0 Å². The van der Waals surface area contributed by atoms with Crippen molar-refractivity contribution >= 4 is 0 Å². The fraction of sp³-hybridized carbons (Fsp3) is 0.667. The predicted molar refractivity (Wildman–Crippen MR) is 90.5 cm³/mol. The van der Waals surface area contributed by atoms with Gasteiger partial charge in [0.25, 0.3) is 0 Å². The van der Waals surface area contributed by atoms with Crippen molar-refractivity contribution in [2.75, 3.05) is 34.2 Å². The molecule has 0 saturated heterocycles. The highest BCUT2D eigenvalue weighted by Gasteiger charge is 2.40. The summed E-state index contributed by atoms with van der Waals surface area (Å²) in [6.45, 7) is 1.88. The van der Waals surface area contributed by atoms with Gasteiger partial charge in [-0.3, -0.25) is 0 Å². The van der Waals surface area contributed by atoms with Gasteiger partial charge in [0.1, 0.15) is 0 Å². The zero-order valence-electron chi connectivity index (χ0n) is 13.9. The molecule has 1 saturated carbocycles. The Labute approximate surface area is 130 Å². The second-order valence-electron chi connectivity index (χ2n) is 6.80. The van der Waals surface area contributed by atoms with E-state index in [9.17, 15) is 0 Å². The Balaban J connectivity index is 1.88. The number of nitrogens with two attached hydrogens (primary N) is 1. The molecule has 0 amide bonds. The topological polar surface area (TPSA) is 32.5 Å². The molecule has 3 heteroatoms. The van der Waals surface area contributed by atoms with Crippen molar-refractivity contribution in [3.8, 4) is 0 Å². The second-order valence-corrected chi connectivity index (χ2v) is 6.80. The van der Waals surface area contributed by atoms with Gasteiger partial charge in [-0.15, -0.1) is 0 Å². The van der Waals surface area contributed by atoms with E-state index in [-0.39, 0.29) is 0 Å². The molecular formula is C18H31N3. The Kier molecular flexibility index (Phi) is 5.80. The zero-order chi connectivity index (χ0) is 15.3. The minimum absolute atomic E-state index is 0.384. The SMILES string of the molecule is CN(CC1(N(C)C)CCC1)C(CN)CCc1ccccc1. The molecule has 0 radical (unpaired) electrons. The largest absolute Gasteiger partial charge is 0.329 e. The number of likely N-dealkylation sites (N-methyl/N-ethyl adjacent to an activating group) is 2. The summed E-state index contributed by atoms with van der Waals surface area (Å²) in [5.74, 6) is 0. The Morgan fingerprint density at radius 3 is 2.29 bits per heavy atom. The first-order chi connectivity index (χ1) is 10.1. The third-order valence-corrected chi connectivity index (χ3v) is 5.28. The quantitative estimate of drug-likeness (QED) is 0.797. The molecule has 2 N–H and O–H groups in total. The lowest BCUT2D eigenvalue weighted by Gasteiger charge is -2.50. The van der Waals surface area contributed by atoms with E-state index < -0.39 is 0 Å². The molecule has 21 heavy (non-hydrogen) atoms. The second kappa shape index (κ2) is 7.39. The summed E-state index contributed by atoms with van der Waals surface area (Å²) in [6.07, 6.45) is 6.26. The van der Waals surface area contributed by atoms with Crippen LogP contribution in [0.15, 0.2) is 30.3 Å². The fourth-order valence-electron chi connectivity index (χ4n) is 3.42. The maximum absolute atomic E-state index is 6.04. The van der Waals surface area contributed by atoms with Gasteiger partial charge in [0.2, 0.25) is 0 Å². The molecule has 0 bridgehead atoms. The summed E-state index contributed by atoms with van der Waals surface area (Å²) < 4.78 is 0. The average molecular weight is 289 g/mol. The third kappa shape index (κ3) is 4.06. The Bertz CT molecular complexity index is 412. The minimum atomic E-state index is 0.384. The smallest absolute Gasteiger partial charge is 0.0330 e. The van der Waals surface area contributed by atoms with Crippen LogP contribution in [-0.4, -0.2) is 55.6 Å². The molecule has 3 nitrogen and oxygen atoms in total. The van der Waals surface area contributed by atoms with E-state index in [1.807, 2.05) is 0 Å². The first kappa shape index (κ1) is 16.5. The van der Waals surface area contributed by atoms with Crippen LogP contribution in [0.2, 0.25) is 0 Å².